The lowest BCUT2D eigenvalue weighted by Crippen LogP contribution is -2.31. The summed E-state index contributed by atoms with van der Waals surface area (Å²) < 4.78 is 27.1. The number of carbonyl (C=O) groups is 1. The van der Waals surface area contributed by atoms with Crippen LogP contribution in [0.3, 0.4) is 0 Å². The average Bonchev–Trinajstić information content (AvgIpc) is 2.94. The van der Waals surface area contributed by atoms with E-state index in [4.69, 9.17) is 0 Å². The standard InChI is InChI=1S/C20H30N2O3S/c1-2-3-6-15-21-20(23)14-11-18-9-12-19(13-10-18)26(24,25)22-16-7-4-5-8-17-22/h9-14H,2-8,15-17H2,1H3,(H,21,23)/b14-11+. The van der Waals surface area contributed by atoms with Gasteiger partial charge in [-0.15, -0.1) is 0 Å². The van der Waals surface area contributed by atoms with Gasteiger partial charge in [0, 0.05) is 25.7 Å². The van der Waals surface area contributed by atoms with E-state index in [1.165, 1.54) is 6.08 Å². The van der Waals surface area contributed by atoms with Crippen molar-refractivity contribution in [1.82, 2.24) is 9.62 Å². The van der Waals surface area contributed by atoms with Gasteiger partial charge in [-0.05, 0) is 43.0 Å². The van der Waals surface area contributed by atoms with Crippen molar-refractivity contribution in [1.29, 1.82) is 0 Å². The minimum Gasteiger partial charge on any atom is -0.353 e. The van der Waals surface area contributed by atoms with E-state index in [2.05, 4.69) is 12.2 Å². The molecular formula is C20H30N2O3S. The normalized spacial score (nSPS) is 16.5. The summed E-state index contributed by atoms with van der Waals surface area (Å²) in [7, 11) is -3.42. The maximum Gasteiger partial charge on any atom is 0.243 e. The molecule has 144 valence electrons. The van der Waals surface area contributed by atoms with Gasteiger partial charge >= 0.3 is 0 Å². The SMILES string of the molecule is CCCCCNC(=O)/C=C/c1ccc(S(=O)(=O)N2CCCCCC2)cc1. The van der Waals surface area contributed by atoms with E-state index in [0.29, 0.717) is 24.5 Å². The van der Waals surface area contributed by atoms with Gasteiger partial charge in [0.25, 0.3) is 0 Å². The zero-order chi connectivity index (χ0) is 18.8. The highest BCUT2D eigenvalue weighted by Gasteiger charge is 2.24. The largest absolute Gasteiger partial charge is 0.353 e. The van der Waals surface area contributed by atoms with E-state index in [0.717, 1.165) is 50.5 Å². The highest BCUT2D eigenvalue weighted by atomic mass is 32.2. The van der Waals surface area contributed by atoms with E-state index >= 15 is 0 Å². The fourth-order valence-electron chi connectivity index (χ4n) is 3.00. The molecule has 6 heteroatoms. The van der Waals surface area contributed by atoms with Crippen LogP contribution in [0.15, 0.2) is 35.2 Å². The average molecular weight is 379 g/mol. The lowest BCUT2D eigenvalue weighted by atomic mass is 10.2. The van der Waals surface area contributed by atoms with Crippen LogP contribution < -0.4 is 5.32 Å². The summed E-state index contributed by atoms with van der Waals surface area (Å²) >= 11 is 0. The van der Waals surface area contributed by atoms with Crippen LogP contribution >= 0.6 is 0 Å². The maximum absolute atomic E-state index is 12.7. The van der Waals surface area contributed by atoms with Crippen molar-refractivity contribution in [3.8, 4) is 0 Å². The molecule has 1 heterocycles. The molecule has 1 aliphatic heterocycles. The quantitative estimate of drug-likeness (QED) is 0.555. The number of nitrogens with one attached hydrogen (secondary N) is 1. The number of rotatable bonds is 8. The molecule has 0 bridgehead atoms. The van der Waals surface area contributed by atoms with Gasteiger partial charge in [0.1, 0.15) is 0 Å². The third kappa shape index (κ3) is 6.25. The molecule has 0 aliphatic carbocycles. The van der Waals surface area contributed by atoms with E-state index in [-0.39, 0.29) is 5.91 Å². The smallest absolute Gasteiger partial charge is 0.243 e. The van der Waals surface area contributed by atoms with Gasteiger partial charge in [0.15, 0.2) is 0 Å². The molecule has 1 saturated heterocycles. The zero-order valence-corrected chi connectivity index (χ0v) is 16.4. The third-order valence-electron chi connectivity index (χ3n) is 4.59. The summed E-state index contributed by atoms with van der Waals surface area (Å²) in [6.07, 6.45) is 10.4. The minimum absolute atomic E-state index is 0.123. The van der Waals surface area contributed by atoms with E-state index in [1.54, 1.807) is 34.6 Å². The molecule has 0 saturated carbocycles. The lowest BCUT2D eigenvalue weighted by Gasteiger charge is -2.19. The Balaban J connectivity index is 1.94. The number of unbranched alkanes of at least 4 members (excludes halogenated alkanes) is 2. The van der Waals surface area contributed by atoms with Gasteiger partial charge in [0.2, 0.25) is 15.9 Å². The predicted molar refractivity (Wildman–Crippen MR) is 105 cm³/mol. The molecule has 0 aromatic heterocycles. The van der Waals surface area contributed by atoms with Gasteiger partial charge in [-0.25, -0.2) is 8.42 Å². The first-order valence-corrected chi connectivity index (χ1v) is 11.0. The fourth-order valence-corrected chi connectivity index (χ4v) is 4.52. The van der Waals surface area contributed by atoms with Crippen LogP contribution in [0.25, 0.3) is 6.08 Å². The zero-order valence-electron chi connectivity index (χ0n) is 15.6. The summed E-state index contributed by atoms with van der Waals surface area (Å²) in [6, 6.07) is 6.73. The summed E-state index contributed by atoms with van der Waals surface area (Å²) in [5.74, 6) is -0.123. The van der Waals surface area contributed by atoms with Gasteiger partial charge in [-0.2, -0.15) is 4.31 Å². The number of sulfonamides is 1. The topological polar surface area (TPSA) is 66.5 Å². The Morgan fingerprint density at radius 1 is 1.08 bits per heavy atom. The Bertz CT molecular complexity index is 688. The number of nitrogens with zero attached hydrogens (tertiary/aromatic N) is 1. The van der Waals surface area contributed by atoms with Crippen LogP contribution in [0.5, 0.6) is 0 Å². The van der Waals surface area contributed by atoms with Crippen molar-refractivity contribution in [2.75, 3.05) is 19.6 Å². The Labute approximate surface area is 157 Å². The number of hydrogen-bond donors (Lipinski definition) is 1. The molecular weight excluding hydrogens is 348 g/mol. The van der Waals surface area contributed by atoms with Gasteiger partial charge < -0.3 is 5.32 Å². The molecule has 1 aliphatic rings. The first kappa shape index (κ1) is 20.6. The number of hydrogen-bond acceptors (Lipinski definition) is 3. The minimum atomic E-state index is -3.42. The van der Waals surface area contributed by atoms with Crippen LogP contribution in [-0.4, -0.2) is 38.3 Å². The van der Waals surface area contributed by atoms with E-state index < -0.39 is 10.0 Å². The molecule has 5 nitrogen and oxygen atoms in total. The molecule has 1 aromatic carbocycles. The Kier molecular flexibility index (Phi) is 8.32. The summed E-state index contributed by atoms with van der Waals surface area (Å²) in [4.78, 5) is 12.1. The molecule has 1 amide bonds. The highest BCUT2D eigenvalue weighted by Crippen LogP contribution is 2.20. The first-order valence-electron chi connectivity index (χ1n) is 9.60. The first-order chi connectivity index (χ1) is 12.5. The molecule has 0 atom stereocenters. The Hall–Kier alpha value is -1.66. The van der Waals surface area contributed by atoms with Crippen LogP contribution in [0.2, 0.25) is 0 Å². The van der Waals surface area contributed by atoms with Crippen LogP contribution in [0.4, 0.5) is 0 Å². The van der Waals surface area contributed by atoms with Crippen LogP contribution in [0.1, 0.15) is 57.4 Å². The molecule has 1 N–H and O–H groups in total. The fraction of sp³-hybridized carbons (Fsp3) is 0.550. The van der Waals surface area contributed by atoms with Crippen molar-refractivity contribution in [3.63, 3.8) is 0 Å². The second-order valence-electron chi connectivity index (χ2n) is 6.72. The van der Waals surface area contributed by atoms with Crippen molar-refractivity contribution < 1.29 is 13.2 Å². The van der Waals surface area contributed by atoms with E-state index in [1.807, 2.05) is 0 Å². The monoisotopic (exact) mass is 378 g/mol. The Morgan fingerprint density at radius 2 is 1.73 bits per heavy atom. The van der Waals surface area contributed by atoms with Gasteiger partial charge in [0.05, 0.1) is 4.90 Å². The van der Waals surface area contributed by atoms with Crippen LogP contribution in [0, 0.1) is 0 Å². The predicted octanol–water partition coefficient (Wildman–Crippen LogP) is 3.57. The molecule has 0 spiro atoms. The van der Waals surface area contributed by atoms with Gasteiger partial charge in [-0.1, -0.05) is 44.7 Å². The lowest BCUT2D eigenvalue weighted by molar-refractivity contribution is -0.116. The number of amides is 1. The van der Waals surface area contributed by atoms with Crippen LogP contribution in [-0.2, 0) is 14.8 Å². The Morgan fingerprint density at radius 3 is 2.35 bits per heavy atom. The molecule has 2 rings (SSSR count). The number of benzene rings is 1. The third-order valence-corrected chi connectivity index (χ3v) is 6.50. The maximum atomic E-state index is 12.7. The second-order valence-corrected chi connectivity index (χ2v) is 8.66. The summed E-state index contributed by atoms with van der Waals surface area (Å²) in [5.41, 5.74) is 0.809. The van der Waals surface area contributed by atoms with Crippen molar-refractivity contribution in [2.45, 2.75) is 56.8 Å². The van der Waals surface area contributed by atoms with Crippen molar-refractivity contribution in [3.05, 3.63) is 35.9 Å². The molecule has 1 aromatic rings. The molecule has 26 heavy (non-hydrogen) atoms. The highest BCUT2D eigenvalue weighted by molar-refractivity contribution is 7.89. The summed E-state index contributed by atoms with van der Waals surface area (Å²) in [6.45, 7) is 4.01. The molecule has 1 fully saturated rings. The van der Waals surface area contributed by atoms with Crippen molar-refractivity contribution in [2.24, 2.45) is 0 Å². The molecule has 0 radical (unpaired) electrons. The second kappa shape index (κ2) is 10.5. The number of carbonyl (C=O) groups excluding carboxylic acids is 1. The van der Waals surface area contributed by atoms with E-state index in [9.17, 15) is 13.2 Å². The molecule has 0 unspecified atom stereocenters. The van der Waals surface area contributed by atoms with Gasteiger partial charge in [-0.3, -0.25) is 4.79 Å². The summed E-state index contributed by atoms with van der Waals surface area (Å²) in [5, 5.41) is 2.84. The van der Waals surface area contributed by atoms with Crippen molar-refractivity contribution >= 4 is 22.0 Å².